The number of hydrazone groups is 1. The molecule has 1 aromatic heterocycles. The first-order valence-corrected chi connectivity index (χ1v) is 9.12. The maximum absolute atomic E-state index is 10.2. The fourth-order valence-electron chi connectivity index (χ4n) is 3.53. The lowest BCUT2D eigenvalue weighted by Crippen LogP contribution is -2.33. The number of benzene rings is 2. The molecule has 25 heavy (non-hydrogen) atoms. The summed E-state index contributed by atoms with van der Waals surface area (Å²) in [6, 6.07) is 19.7. The van der Waals surface area contributed by atoms with E-state index in [1.165, 1.54) is 0 Å². The summed E-state index contributed by atoms with van der Waals surface area (Å²) in [6.07, 6.45) is 0.517. The standard InChI is InChI=1S/C20H16N2O2S/c23-17-8-3-1-6-13(17)15-12-16-14-7-2-4-9-18(14)24-20(22(16)21-15)19-10-5-11-25-19/h1-11,16,20,23H,12H2/t16-,20+/m0/s1. The number of fused-ring (bicyclic) bond motifs is 3. The van der Waals surface area contributed by atoms with Gasteiger partial charge in [0.25, 0.3) is 0 Å². The van der Waals surface area contributed by atoms with Gasteiger partial charge in [-0.25, -0.2) is 5.01 Å². The van der Waals surface area contributed by atoms with Crippen LogP contribution in [0.3, 0.4) is 0 Å². The maximum atomic E-state index is 10.2. The Bertz CT molecular complexity index is 952. The molecule has 0 spiro atoms. The third-order valence-electron chi connectivity index (χ3n) is 4.70. The van der Waals surface area contributed by atoms with Gasteiger partial charge in [0.05, 0.1) is 16.6 Å². The summed E-state index contributed by atoms with van der Waals surface area (Å²) in [4.78, 5) is 1.13. The molecule has 0 unspecified atom stereocenters. The molecule has 3 heterocycles. The zero-order valence-electron chi connectivity index (χ0n) is 13.4. The van der Waals surface area contributed by atoms with Crippen molar-refractivity contribution in [3.63, 3.8) is 0 Å². The Kier molecular flexibility index (Phi) is 3.28. The van der Waals surface area contributed by atoms with Crippen molar-refractivity contribution in [2.75, 3.05) is 0 Å². The highest BCUT2D eigenvalue weighted by Crippen LogP contribution is 2.48. The molecule has 0 saturated carbocycles. The molecule has 3 aromatic rings. The largest absolute Gasteiger partial charge is 0.507 e. The molecule has 2 aliphatic rings. The van der Waals surface area contributed by atoms with E-state index < -0.39 is 0 Å². The molecule has 2 aromatic carbocycles. The van der Waals surface area contributed by atoms with Gasteiger partial charge in [0.15, 0.2) is 0 Å². The average Bonchev–Trinajstić information content (AvgIpc) is 3.31. The number of phenols is 1. The van der Waals surface area contributed by atoms with Gasteiger partial charge in [0.1, 0.15) is 11.5 Å². The summed E-state index contributed by atoms with van der Waals surface area (Å²) in [5.41, 5.74) is 2.83. The van der Waals surface area contributed by atoms with Crippen LogP contribution in [0.5, 0.6) is 11.5 Å². The number of nitrogens with zero attached hydrogens (tertiary/aromatic N) is 2. The number of rotatable bonds is 2. The van der Waals surface area contributed by atoms with E-state index in [4.69, 9.17) is 9.84 Å². The minimum atomic E-state index is -0.233. The number of thiophene rings is 1. The van der Waals surface area contributed by atoms with Crippen LogP contribution in [0.1, 0.15) is 34.7 Å². The molecule has 0 fully saturated rings. The Morgan fingerprint density at radius 3 is 2.72 bits per heavy atom. The molecule has 2 atom stereocenters. The number of hydrogen-bond acceptors (Lipinski definition) is 5. The first kappa shape index (κ1) is 14.5. The molecule has 2 aliphatic heterocycles. The van der Waals surface area contributed by atoms with Crippen LogP contribution < -0.4 is 4.74 Å². The van der Waals surface area contributed by atoms with Crippen LogP contribution in [0.15, 0.2) is 71.1 Å². The van der Waals surface area contributed by atoms with Gasteiger partial charge in [-0.3, -0.25) is 0 Å². The van der Waals surface area contributed by atoms with E-state index in [0.717, 1.165) is 33.9 Å². The molecule has 1 N–H and O–H groups in total. The molecule has 4 nitrogen and oxygen atoms in total. The summed E-state index contributed by atoms with van der Waals surface area (Å²) in [6.45, 7) is 0. The van der Waals surface area contributed by atoms with Crippen molar-refractivity contribution in [2.24, 2.45) is 5.10 Å². The summed E-state index contributed by atoms with van der Waals surface area (Å²) in [5.74, 6) is 1.18. The predicted octanol–water partition coefficient (Wildman–Crippen LogP) is 4.70. The van der Waals surface area contributed by atoms with E-state index in [9.17, 15) is 5.11 Å². The quantitative estimate of drug-likeness (QED) is 0.730. The van der Waals surface area contributed by atoms with Crippen LogP contribution in [0.25, 0.3) is 0 Å². The minimum Gasteiger partial charge on any atom is -0.507 e. The molecule has 0 radical (unpaired) electrons. The number of para-hydroxylation sites is 2. The van der Waals surface area contributed by atoms with Gasteiger partial charge >= 0.3 is 0 Å². The SMILES string of the molecule is Oc1ccccc1C1=NN2[C@@H](c3cccs3)Oc3ccccc3[C@@H]2C1. The average molecular weight is 348 g/mol. The predicted molar refractivity (Wildman–Crippen MR) is 98.0 cm³/mol. The van der Waals surface area contributed by atoms with Crippen LogP contribution >= 0.6 is 11.3 Å². The third kappa shape index (κ3) is 2.31. The van der Waals surface area contributed by atoms with Crippen molar-refractivity contribution in [3.8, 4) is 11.5 Å². The molecular weight excluding hydrogens is 332 g/mol. The Morgan fingerprint density at radius 2 is 1.88 bits per heavy atom. The van der Waals surface area contributed by atoms with E-state index >= 15 is 0 Å². The van der Waals surface area contributed by atoms with Gasteiger partial charge in [-0.2, -0.15) is 5.10 Å². The zero-order chi connectivity index (χ0) is 16.8. The van der Waals surface area contributed by atoms with Crippen molar-refractivity contribution in [3.05, 3.63) is 82.0 Å². The number of phenolic OH excluding ortho intramolecular Hbond substituents is 1. The molecule has 5 rings (SSSR count). The number of ether oxygens (including phenoxy) is 1. The van der Waals surface area contributed by atoms with E-state index in [1.807, 2.05) is 47.5 Å². The Balaban J connectivity index is 1.62. The number of hydrogen-bond donors (Lipinski definition) is 1. The second-order valence-electron chi connectivity index (χ2n) is 6.19. The Hall–Kier alpha value is -2.79. The molecule has 0 aliphatic carbocycles. The summed E-state index contributed by atoms with van der Waals surface area (Å²) in [7, 11) is 0. The fourth-order valence-corrected chi connectivity index (χ4v) is 4.28. The molecule has 0 bridgehead atoms. The van der Waals surface area contributed by atoms with Gasteiger partial charge in [-0.05, 0) is 29.6 Å². The molecule has 5 heteroatoms. The van der Waals surface area contributed by atoms with E-state index in [0.29, 0.717) is 0 Å². The van der Waals surface area contributed by atoms with Crippen LogP contribution in [-0.2, 0) is 0 Å². The van der Waals surface area contributed by atoms with Crippen LogP contribution in [0, 0.1) is 0 Å². The highest BCUT2D eigenvalue weighted by molar-refractivity contribution is 7.10. The maximum Gasteiger partial charge on any atom is 0.222 e. The molecule has 0 saturated heterocycles. The first-order valence-electron chi connectivity index (χ1n) is 8.24. The summed E-state index contributed by atoms with van der Waals surface area (Å²) < 4.78 is 6.27. The van der Waals surface area contributed by atoms with Crippen LogP contribution in [0.2, 0.25) is 0 Å². The third-order valence-corrected chi connectivity index (χ3v) is 5.60. The smallest absolute Gasteiger partial charge is 0.222 e. The lowest BCUT2D eigenvalue weighted by atomic mass is 9.96. The van der Waals surface area contributed by atoms with E-state index in [2.05, 4.69) is 17.5 Å². The van der Waals surface area contributed by atoms with Crippen molar-refractivity contribution < 1.29 is 9.84 Å². The second kappa shape index (κ2) is 5.63. The van der Waals surface area contributed by atoms with Gasteiger partial charge < -0.3 is 9.84 Å². The van der Waals surface area contributed by atoms with Crippen molar-refractivity contribution >= 4 is 17.0 Å². The second-order valence-corrected chi connectivity index (χ2v) is 7.17. The van der Waals surface area contributed by atoms with Gasteiger partial charge in [0.2, 0.25) is 6.23 Å². The highest BCUT2D eigenvalue weighted by Gasteiger charge is 2.41. The monoisotopic (exact) mass is 348 g/mol. The van der Waals surface area contributed by atoms with Crippen molar-refractivity contribution in [1.82, 2.24) is 5.01 Å². The fraction of sp³-hybridized carbons (Fsp3) is 0.150. The first-order chi connectivity index (χ1) is 12.3. The Labute approximate surface area is 149 Å². The topological polar surface area (TPSA) is 45.1 Å². The van der Waals surface area contributed by atoms with Gasteiger partial charge in [-0.15, -0.1) is 11.3 Å². The summed E-state index contributed by atoms with van der Waals surface area (Å²) in [5, 5.41) is 19.2. The lowest BCUT2D eigenvalue weighted by Gasteiger charge is -2.37. The minimum absolute atomic E-state index is 0.117. The molecule has 0 amide bonds. The lowest BCUT2D eigenvalue weighted by molar-refractivity contribution is -0.0165. The Morgan fingerprint density at radius 1 is 1.04 bits per heavy atom. The van der Waals surface area contributed by atoms with Gasteiger partial charge in [-0.1, -0.05) is 36.4 Å². The molecule has 124 valence electrons. The van der Waals surface area contributed by atoms with Crippen molar-refractivity contribution in [2.45, 2.75) is 18.7 Å². The number of aromatic hydroxyl groups is 1. The zero-order valence-corrected chi connectivity index (χ0v) is 14.2. The van der Waals surface area contributed by atoms with E-state index in [1.54, 1.807) is 17.4 Å². The van der Waals surface area contributed by atoms with Crippen LogP contribution in [-0.4, -0.2) is 15.8 Å². The highest BCUT2D eigenvalue weighted by atomic mass is 32.1. The summed E-state index contributed by atoms with van der Waals surface area (Å²) >= 11 is 1.67. The van der Waals surface area contributed by atoms with Crippen molar-refractivity contribution in [1.29, 1.82) is 0 Å². The molecular formula is C20H16N2O2S. The van der Waals surface area contributed by atoms with Crippen LogP contribution in [0.4, 0.5) is 0 Å². The van der Waals surface area contributed by atoms with Gasteiger partial charge in [0, 0.05) is 17.5 Å². The van der Waals surface area contributed by atoms with E-state index in [-0.39, 0.29) is 18.0 Å². The normalized spacial score (nSPS) is 21.3.